The van der Waals surface area contributed by atoms with E-state index in [0.29, 0.717) is 46.6 Å². The lowest BCUT2D eigenvalue weighted by Gasteiger charge is -2.13. The summed E-state index contributed by atoms with van der Waals surface area (Å²) >= 11 is 19.5. The Morgan fingerprint density at radius 1 is 1.00 bits per heavy atom. The van der Waals surface area contributed by atoms with Gasteiger partial charge in [-0.3, -0.25) is 4.79 Å². The van der Waals surface area contributed by atoms with Gasteiger partial charge in [-0.2, -0.15) is 9.78 Å². The molecule has 10 heteroatoms. The van der Waals surface area contributed by atoms with Crippen LogP contribution in [0.5, 0.6) is 5.75 Å². The second kappa shape index (κ2) is 11.4. The first kappa shape index (κ1) is 27.3. The number of ether oxygens (including phenoxy) is 1. The van der Waals surface area contributed by atoms with Gasteiger partial charge in [-0.05, 0) is 77.5 Å². The summed E-state index contributed by atoms with van der Waals surface area (Å²) in [6, 6.07) is 22.4. The first-order chi connectivity index (χ1) is 18.7. The molecule has 0 unspecified atom stereocenters. The van der Waals surface area contributed by atoms with Gasteiger partial charge in [-0.25, -0.2) is 9.78 Å². The Bertz CT molecular complexity index is 1850. The summed E-state index contributed by atoms with van der Waals surface area (Å²) in [4.78, 5) is 31.2. The van der Waals surface area contributed by atoms with E-state index in [2.05, 4.69) is 41.9 Å². The normalized spacial score (nSPS) is 11.3. The van der Waals surface area contributed by atoms with Crippen molar-refractivity contribution in [2.45, 2.75) is 6.92 Å². The van der Waals surface area contributed by atoms with Crippen LogP contribution in [0, 0.1) is 6.92 Å². The number of halogens is 4. The van der Waals surface area contributed by atoms with E-state index in [-0.39, 0.29) is 11.6 Å². The molecule has 194 valence electrons. The lowest BCUT2D eigenvalue weighted by molar-refractivity contribution is 0.0733. The maximum atomic E-state index is 13.6. The molecule has 0 aliphatic heterocycles. The lowest BCUT2D eigenvalue weighted by atomic mass is 10.1. The molecule has 1 heterocycles. The number of hydrogen-bond acceptors (Lipinski definition) is 5. The number of para-hydroxylation sites is 1. The first-order valence-electron chi connectivity index (χ1n) is 11.5. The zero-order valence-electron chi connectivity index (χ0n) is 20.2. The van der Waals surface area contributed by atoms with Crippen molar-refractivity contribution in [3.05, 3.63) is 125 Å². The van der Waals surface area contributed by atoms with Crippen LogP contribution in [0.4, 0.5) is 0 Å². The third kappa shape index (κ3) is 5.84. The summed E-state index contributed by atoms with van der Waals surface area (Å²) in [5, 5.41) is 5.63. The van der Waals surface area contributed by atoms with Gasteiger partial charge < -0.3 is 4.74 Å². The molecule has 39 heavy (non-hydrogen) atoms. The van der Waals surface area contributed by atoms with Crippen molar-refractivity contribution < 1.29 is 9.53 Å². The van der Waals surface area contributed by atoms with Crippen LogP contribution in [0.2, 0.25) is 10.0 Å². The summed E-state index contributed by atoms with van der Waals surface area (Å²) in [5.41, 5.74) is 2.34. The maximum Gasteiger partial charge on any atom is 0.343 e. The van der Waals surface area contributed by atoms with E-state index in [0.717, 1.165) is 5.56 Å². The fraction of sp³-hybridized carbons (Fsp3) is 0.0345. The van der Waals surface area contributed by atoms with Gasteiger partial charge in [0, 0.05) is 20.6 Å². The average molecular weight is 686 g/mol. The zero-order chi connectivity index (χ0) is 27.7. The van der Waals surface area contributed by atoms with Gasteiger partial charge >= 0.3 is 5.97 Å². The Hall–Kier alpha value is -3.30. The number of hydrogen-bond donors (Lipinski definition) is 0. The monoisotopic (exact) mass is 683 g/mol. The number of rotatable bonds is 5. The molecule has 4 aromatic carbocycles. The van der Waals surface area contributed by atoms with Crippen LogP contribution in [0.3, 0.4) is 0 Å². The molecule has 1 aromatic heterocycles. The number of carbonyl (C=O) groups is 1. The van der Waals surface area contributed by atoms with E-state index in [4.69, 9.17) is 27.9 Å². The van der Waals surface area contributed by atoms with Crippen LogP contribution in [0.25, 0.3) is 22.3 Å². The molecule has 0 bridgehead atoms. The molecule has 6 nitrogen and oxygen atoms in total. The minimum Gasteiger partial charge on any atom is -0.421 e. The highest BCUT2D eigenvalue weighted by Gasteiger charge is 2.18. The number of carbonyl (C=O) groups excluding carboxylic acids is 1. The van der Waals surface area contributed by atoms with Gasteiger partial charge in [0.2, 0.25) is 0 Å². The van der Waals surface area contributed by atoms with E-state index in [1.807, 2.05) is 13.0 Å². The van der Waals surface area contributed by atoms with Crippen LogP contribution in [0.15, 0.2) is 97.7 Å². The predicted octanol–water partition coefficient (Wildman–Crippen LogP) is 8.31. The van der Waals surface area contributed by atoms with Gasteiger partial charge in [-0.1, -0.05) is 69.0 Å². The van der Waals surface area contributed by atoms with Crippen molar-refractivity contribution in [1.82, 2.24) is 9.66 Å². The summed E-state index contributed by atoms with van der Waals surface area (Å²) < 4.78 is 8.16. The molecular formula is C29H17Br2Cl2N3O3. The van der Waals surface area contributed by atoms with Crippen molar-refractivity contribution in [2.75, 3.05) is 0 Å². The van der Waals surface area contributed by atoms with Gasteiger partial charge in [-0.15, -0.1) is 0 Å². The molecule has 0 saturated carbocycles. The highest BCUT2D eigenvalue weighted by atomic mass is 79.9. The van der Waals surface area contributed by atoms with Gasteiger partial charge in [0.25, 0.3) is 5.56 Å². The summed E-state index contributed by atoms with van der Waals surface area (Å²) in [6.07, 6.45) is 1.43. The molecule has 0 fully saturated rings. The average Bonchev–Trinajstić information content (AvgIpc) is 2.90. The molecule has 0 amide bonds. The topological polar surface area (TPSA) is 73.5 Å². The molecule has 0 radical (unpaired) electrons. The smallest absolute Gasteiger partial charge is 0.343 e. The highest BCUT2D eigenvalue weighted by Crippen LogP contribution is 2.33. The fourth-order valence-electron chi connectivity index (χ4n) is 3.90. The Balaban J connectivity index is 1.65. The van der Waals surface area contributed by atoms with Crippen molar-refractivity contribution in [2.24, 2.45) is 5.10 Å². The number of aryl methyl sites for hydroxylation is 1. The standard InChI is InChI=1S/C29H17Br2Cl2N3O3/c1-16-5-4-6-17(11-16)29(38)39-26-18(12-19(30)13-23(26)31)15-34-36-27(21-10-9-20(32)14-24(21)33)35-25-8-3-2-7-22(25)28(36)37/h2-15H,1H3. The number of benzene rings is 4. The van der Waals surface area contributed by atoms with Crippen LogP contribution in [0.1, 0.15) is 21.5 Å². The second-order valence-corrected chi connectivity index (χ2v) is 11.1. The van der Waals surface area contributed by atoms with Crippen molar-refractivity contribution >= 4 is 78.1 Å². The lowest BCUT2D eigenvalue weighted by Crippen LogP contribution is -2.20. The fourth-order valence-corrected chi connectivity index (χ4v) is 5.74. The van der Waals surface area contributed by atoms with Gasteiger partial charge in [0.05, 0.1) is 32.2 Å². The van der Waals surface area contributed by atoms with E-state index in [1.54, 1.807) is 72.8 Å². The SMILES string of the molecule is Cc1cccc(C(=O)Oc2c(Br)cc(Br)cc2C=Nn2c(-c3ccc(Cl)cc3Cl)nc3ccccc3c2=O)c1. The van der Waals surface area contributed by atoms with Crippen LogP contribution < -0.4 is 10.3 Å². The maximum absolute atomic E-state index is 13.6. The van der Waals surface area contributed by atoms with E-state index in [9.17, 15) is 9.59 Å². The third-order valence-corrected chi connectivity index (χ3v) is 7.32. The number of nitrogens with zero attached hydrogens (tertiary/aromatic N) is 3. The zero-order valence-corrected chi connectivity index (χ0v) is 24.8. The largest absolute Gasteiger partial charge is 0.421 e. The minimum absolute atomic E-state index is 0.226. The van der Waals surface area contributed by atoms with E-state index in [1.165, 1.54) is 10.9 Å². The Morgan fingerprint density at radius 2 is 1.79 bits per heavy atom. The predicted molar refractivity (Wildman–Crippen MR) is 162 cm³/mol. The van der Waals surface area contributed by atoms with Gasteiger partial charge in [0.1, 0.15) is 0 Å². The first-order valence-corrected chi connectivity index (χ1v) is 13.8. The summed E-state index contributed by atoms with van der Waals surface area (Å²) in [6.45, 7) is 1.89. The third-order valence-electron chi connectivity index (χ3n) is 5.72. The molecule has 5 aromatic rings. The summed E-state index contributed by atoms with van der Waals surface area (Å²) in [7, 11) is 0. The molecule has 0 N–H and O–H groups in total. The Labute approximate surface area is 250 Å². The van der Waals surface area contributed by atoms with Crippen molar-refractivity contribution in [1.29, 1.82) is 0 Å². The molecule has 0 aliphatic carbocycles. The van der Waals surface area contributed by atoms with E-state index >= 15 is 0 Å². The second-order valence-electron chi connectivity index (χ2n) is 8.50. The Morgan fingerprint density at radius 3 is 2.56 bits per heavy atom. The molecular weight excluding hydrogens is 669 g/mol. The number of aromatic nitrogens is 2. The van der Waals surface area contributed by atoms with E-state index < -0.39 is 11.5 Å². The molecule has 0 saturated heterocycles. The van der Waals surface area contributed by atoms with Crippen molar-refractivity contribution in [3.8, 4) is 17.1 Å². The van der Waals surface area contributed by atoms with Crippen LogP contribution >= 0.6 is 55.1 Å². The Kier molecular flexibility index (Phi) is 8.00. The number of esters is 1. The molecule has 0 spiro atoms. The number of fused-ring (bicyclic) bond motifs is 1. The molecule has 0 aliphatic rings. The summed E-state index contributed by atoms with van der Waals surface area (Å²) in [5.74, 6) is -0.0696. The quantitative estimate of drug-likeness (QED) is 0.106. The molecule has 5 rings (SSSR count). The van der Waals surface area contributed by atoms with Crippen molar-refractivity contribution in [3.63, 3.8) is 0 Å². The van der Waals surface area contributed by atoms with Crippen LogP contribution in [-0.4, -0.2) is 21.8 Å². The van der Waals surface area contributed by atoms with Crippen LogP contribution in [-0.2, 0) is 0 Å². The molecule has 0 atom stereocenters. The van der Waals surface area contributed by atoms with Gasteiger partial charge in [0.15, 0.2) is 11.6 Å². The minimum atomic E-state index is -0.533. The highest BCUT2D eigenvalue weighted by molar-refractivity contribution is 9.11.